The molecule has 2 rings (SSSR count). The van der Waals surface area contributed by atoms with Crippen LogP contribution >= 0.6 is 0 Å². The molecule has 0 aliphatic heterocycles. The Morgan fingerprint density at radius 2 is 2.10 bits per heavy atom. The van der Waals surface area contributed by atoms with Crippen molar-refractivity contribution in [3.8, 4) is 0 Å². The molecule has 2 aromatic rings. The summed E-state index contributed by atoms with van der Waals surface area (Å²) in [7, 11) is 1.66. The van der Waals surface area contributed by atoms with Gasteiger partial charge in [-0.25, -0.2) is 5.10 Å². The van der Waals surface area contributed by atoms with Gasteiger partial charge in [0.15, 0.2) is 0 Å². The molecule has 0 atom stereocenters. The highest BCUT2D eigenvalue weighted by atomic mass is 16.3. The highest BCUT2D eigenvalue weighted by Crippen LogP contribution is 2.14. The van der Waals surface area contributed by atoms with Gasteiger partial charge >= 0.3 is 0 Å². The molecule has 0 saturated carbocycles. The standard InChI is InChI=1S/C14H17N3O3/c1-8-9(2)15-16-13(18)12(8)14(19)17(4)7-11-5-6-20-10(11)3/h5-6H,7H2,1-4H3,(H,16,18). The quantitative estimate of drug-likeness (QED) is 0.922. The molecule has 0 unspecified atom stereocenters. The summed E-state index contributed by atoms with van der Waals surface area (Å²) in [5, 5.41) is 6.19. The minimum absolute atomic E-state index is 0.140. The monoisotopic (exact) mass is 275 g/mol. The number of aromatic amines is 1. The third-order valence-electron chi connectivity index (χ3n) is 3.40. The van der Waals surface area contributed by atoms with Gasteiger partial charge in [-0.15, -0.1) is 0 Å². The highest BCUT2D eigenvalue weighted by Gasteiger charge is 2.20. The van der Waals surface area contributed by atoms with E-state index in [9.17, 15) is 9.59 Å². The third-order valence-corrected chi connectivity index (χ3v) is 3.40. The summed E-state index contributed by atoms with van der Waals surface area (Å²) in [5.74, 6) is 0.441. The van der Waals surface area contributed by atoms with E-state index in [-0.39, 0.29) is 11.5 Å². The first-order valence-corrected chi connectivity index (χ1v) is 6.26. The smallest absolute Gasteiger partial charge is 0.277 e. The zero-order chi connectivity index (χ0) is 14.9. The van der Waals surface area contributed by atoms with Gasteiger partial charge < -0.3 is 9.32 Å². The van der Waals surface area contributed by atoms with E-state index in [1.54, 1.807) is 27.2 Å². The van der Waals surface area contributed by atoms with Crippen LogP contribution in [-0.2, 0) is 6.54 Å². The first-order chi connectivity index (χ1) is 9.41. The van der Waals surface area contributed by atoms with Crippen LogP contribution in [0.5, 0.6) is 0 Å². The summed E-state index contributed by atoms with van der Waals surface area (Å²) in [6.07, 6.45) is 1.58. The summed E-state index contributed by atoms with van der Waals surface area (Å²) in [4.78, 5) is 25.7. The normalized spacial score (nSPS) is 10.6. The minimum Gasteiger partial charge on any atom is -0.469 e. The van der Waals surface area contributed by atoms with E-state index < -0.39 is 5.56 Å². The van der Waals surface area contributed by atoms with Crippen LogP contribution < -0.4 is 5.56 Å². The van der Waals surface area contributed by atoms with Crippen LogP contribution in [0.2, 0.25) is 0 Å². The number of rotatable bonds is 3. The molecule has 0 fully saturated rings. The largest absolute Gasteiger partial charge is 0.469 e. The summed E-state index contributed by atoms with van der Waals surface area (Å²) in [5.41, 5.74) is 1.84. The van der Waals surface area contributed by atoms with Crippen LogP contribution in [0, 0.1) is 20.8 Å². The Kier molecular flexibility index (Phi) is 3.74. The van der Waals surface area contributed by atoms with Crippen molar-refractivity contribution in [2.75, 3.05) is 7.05 Å². The molecule has 6 heteroatoms. The summed E-state index contributed by atoms with van der Waals surface area (Å²) in [6, 6.07) is 1.81. The fourth-order valence-corrected chi connectivity index (χ4v) is 1.98. The molecule has 0 aliphatic carbocycles. The summed E-state index contributed by atoms with van der Waals surface area (Å²) < 4.78 is 5.20. The van der Waals surface area contributed by atoms with E-state index in [4.69, 9.17) is 4.42 Å². The summed E-state index contributed by atoms with van der Waals surface area (Å²) >= 11 is 0. The first kappa shape index (κ1) is 14.0. The molecular formula is C14H17N3O3. The topological polar surface area (TPSA) is 79.2 Å². The number of nitrogens with zero attached hydrogens (tertiary/aromatic N) is 2. The molecule has 0 aromatic carbocycles. The molecule has 6 nitrogen and oxygen atoms in total. The Labute approximate surface area is 116 Å². The van der Waals surface area contributed by atoms with E-state index in [2.05, 4.69) is 10.2 Å². The number of amides is 1. The van der Waals surface area contributed by atoms with Crippen LogP contribution in [0.25, 0.3) is 0 Å². The van der Waals surface area contributed by atoms with Crippen molar-refractivity contribution < 1.29 is 9.21 Å². The number of aryl methyl sites for hydroxylation is 2. The number of H-pyrrole nitrogens is 1. The fraction of sp³-hybridized carbons (Fsp3) is 0.357. The molecule has 20 heavy (non-hydrogen) atoms. The van der Waals surface area contributed by atoms with Gasteiger partial charge in [0, 0.05) is 19.2 Å². The van der Waals surface area contributed by atoms with E-state index >= 15 is 0 Å². The lowest BCUT2D eigenvalue weighted by Crippen LogP contribution is -2.33. The van der Waals surface area contributed by atoms with Gasteiger partial charge in [-0.1, -0.05) is 0 Å². The van der Waals surface area contributed by atoms with Crippen LogP contribution in [-0.4, -0.2) is 28.1 Å². The molecule has 0 radical (unpaired) electrons. The van der Waals surface area contributed by atoms with Gasteiger partial charge in [0.05, 0.1) is 12.0 Å². The number of aromatic nitrogens is 2. The predicted molar refractivity (Wildman–Crippen MR) is 73.6 cm³/mol. The number of nitrogens with one attached hydrogen (secondary N) is 1. The van der Waals surface area contributed by atoms with Gasteiger partial charge in [0.25, 0.3) is 11.5 Å². The number of carbonyl (C=O) groups is 1. The van der Waals surface area contributed by atoms with Crippen molar-refractivity contribution in [3.05, 3.63) is 50.8 Å². The van der Waals surface area contributed by atoms with E-state index in [0.29, 0.717) is 17.8 Å². The van der Waals surface area contributed by atoms with Crippen molar-refractivity contribution in [2.24, 2.45) is 0 Å². The average molecular weight is 275 g/mol. The van der Waals surface area contributed by atoms with Crippen molar-refractivity contribution in [1.82, 2.24) is 15.1 Å². The molecule has 0 saturated heterocycles. The van der Waals surface area contributed by atoms with Crippen LogP contribution in [0.15, 0.2) is 21.5 Å². The van der Waals surface area contributed by atoms with Gasteiger partial charge in [-0.05, 0) is 32.4 Å². The molecule has 2 aromatic heterocycles. The second-order valence-corrected chi connectivity index (χ2v) is 4.80. The Bertz CT molecular complexity index is 700. The second-order valence-electron chi connectivity index (χ2n) is 4.80. The van der Waals surface area contributed by atoms with Gasteiger partial charge in [-0.3, -0.25) is 9.59 Å². The molecule has 1 N–H and O–H groups in total. The lowest BCUT2D eigenvalue weighted by atomic mass is 10.1. The number of carbonyl (C=O) groups excluding carboxylic acids is 1. The molecular weight excluding hydrogens is 258 g/mol. The SMILES string of the molecule is Cc1n[nH]c(=O)c(C(=O)N(C)Cc2ccoc2C)c1C. The first-order valence-electron chi connectivity index (χ1n) is 6.26. The molecule has 106 valence electrons. The summed E-state index contributed by atoms with van der Waals surface area (Å²) in [6.45, 7) is 5.70. The highest BCUT2D eigenvalue weighted by molar-refractivity contribution is 5.95. The second kappa shape index (κ2) is 5.32. The van der Waals surface area contributed by atoms with Gasteiger partial charge in [0.1, 0.15) is 11.3 Å². The molecule has 0 bridgehead atoms. The van der Waals surface area contributed by atoms with Gasteiger partial charge in [-0.2, -0.15) is 5.10 Å². The molecule has 1 amide bonds. The number of hydrogen-bond acceptors (Lipinski definition) is 4. The van der Waals surface area contributed by atoms with Crippen molar-refractivity contribution >= 4 is 5.91 Å². The van der Waals surface area contributed by atoms with E-state index in [1.807, 2.05) is 13.0 Å². The Morgan fingerprint density at radius 3 is 2.70 bits per heavy atom. The maximum atomic E-state index is 12.4. The number of furan rings is 1. The molecule has 0 spiro atoms. The minimum atomic E-state index is -0.464. The maximum Gasteiger partial charge on any atom is 0.277 e. The predicted octanol–water partition coefficient (Wildman–Crippen LogP) is 1.56. The van der Waals surface area contributed by atoms with Crippen molar-refractivity contribution in [1.29, 1.82) is 0 Å². The lowest BCUT2D eigenvalue weighted by Gasteiger charge is -2.17. The Morgan fingerprint density at radius 1 is 1.40 bits per heavy atom. The van der Waals surface area contributed by atoms with Gasteiger partial charge in [0.2, 0.25) is 0 Å². The Balaban J connectivity index is 2.30. The third kappa shape index (κ3) is 2.49. The molecule has 0 aliphatic rings. The van der Waals surface area contributed by atoms with Crippen molar-refractivity contribution in [3.63, 3.8) is 0 Å². The van der Waals surface area contributed by atoms with E-state index in [1.165, 1.54) is 4.90 Å². The van der Waals surface area contributed by atoms with Crippen LogP contribution in [0.1, 0.15) is 32.9 Å². The Hall–Kier alpha value is -2.37. The van der Waals surface area contributed by atoms with E-state index in [0.717, 1.165) is 11.3 Å². The van der Waals surface area contributed by atoms with Crippen LogP contribution in [0.3, 0.4) is 0 Å². The average Bonchev–Trinajstić information content (AvgIpc) is 2.80. The number of hydrogen-bond donors (Lipinski definition) is 1. The fourth-order valence-electron chi connectivity index (χ4n) is 1.98. The maximum absolute atomic E-state index is 12.4. The zero-order valence-corrected chi connectivity index (χ0v) is 12.0. The van der Waals surface area contributed by atoms with Crippen molar-refractivity contribution in [2.45, 2.75) is 27.3 Å². The lowest BCUT2D eigenvalue weighted by molar-refractivity contribution is 0.0781. The zero-order valence-electron chi connectivity index (χ0n) is 12.0. The van der Waals surface area contributed by atoms with Crippen LogP contribution in [0.4, 0.5) is 0 Å². The molecule has 2 heterocycles.